The summed E-state index contributed by atoms with van der Waals surface area (Å²) in [5.74, 6) is 1.30. The van der Waals surface area contributed by atoms with E-state index >= 15 is 0 Å². The van der Waals surface area contributed by atoms with Crippen molar-refractivity contribution in [1.29, 1.82) is 0 Å². The first-order valence-corrected chi connectivity index (χ1v) is 12.5. The third kappa shape index (κ3) is 4.19. The second kappa shape index (κ2) is 7.92. The third-order valence-corrected chi connectivity index (χ3v) is 8.56. The Bertz CT molecular complexity index is 1170. The molecule has 2 aromatic carbocycles. The van der Waals surface area contributed by atoms with Gasteiger partial charge in [0.25, 0.3) is 5.91 Å². The summed E-state index contributed by atoms with van der Waals surface area (Å²) in [6, 6.07) is 11.7. The van der Waals surface area contributed by atoms with E-state index in [0.717, 1.165) is 0 Å². The number of carbonyl (C=O) groups excluding carboxylic acids is 1. The Morgan fingerprint density at radius 2 is 1.94 bits per heavy atom. The van der Waals surface area contributed by atoms with Gasteiger partial charge in [0.1, 0.15) is 5.75 Å². The molecule has 0 saturated carbocycles. The number of amides is 1. The Morgan fingerprint density at radius 1 is 1.16 bits per heavy atom. The number of carbonyl (C=O) groups is 1. The molecule has 0 unspecified atom stereocenters. The molecule has 0 spiro atoms. The lowest BCUT2D eigenvalue weighted by atomic mass is 10.2. The van der Waals surface area contributed by atoms with E-state index in [1.807, 2.05) is 11.0 Å². The fraction of sp³-hybridized carbons (Fsp3) is 0.300. The molecule has 5 rings (SSSR count). The molecule has 2 fully saturated rings. The maximum atomic E-state index is 12.5. The monoisotopic (exact) mass is 480 g/mol. The first-order valence-electron chi connectivity index (χ1n) is 9.44. The minimum atomic E-state index is -3.15. The largest absolute Gasteiger partial charge is 0.484 e. The average Bonchev–Trinajstić information content (AvgIpc) is 3.38. The molecule has 0 aromatic heterocycles. The Morgan fingerprint density at radius 3 is 2.74 bits per heavy atom. The summed E-state index contributed by atoms with van der Waals surface area (Å²) >= 11 is 7.15. The van der Waals surface area contributed by atoms with Gasteiger partial charge in [-0.05, 0) is 36.4 Å². The molecule has 0 radical (unpaired) electrons. The van der Waals surface area contributed by atoms with Crippen molar-refractivity contribution >= 4 is 50.0 Å². The van der Waals surface area contributed by atoms with Crippen molar-refractivity contribution in [3.05, 3.63) is 47.5 Å². The second-order valence-corrected chi connectivity index (χ2v) is 11.0. The van der Waals surface area contributed by atoms with Gasteiger partial charge in [0, 0.05) is 22.0 Å². The molecule has 0 N–H and O–H groups in total. The number of amidine groups is 1. The standard InChI is InChI=1S/C20H17ClN2O6S2/c21-12-1-4-14(5-2-12)27-8-19(24)22-20-23(15-9-31(25,26)10-18(15)30-20)13-3-6-16-17(7-13)29-11-28-16/h1-7,15,18H,8-11H2/t15-,18+/m1/s1. The van der Waals surface area contributed by atoms with Crippen LogP contribution in [0.15, 0.2) is 47.5 Å². The fourth-order valence-corrected chi connectivity index (χ4v) is 7.77. The summed E-state index contributed by atoms with van der Waals surface area (Å²) in [6.45, 7) is -0.107. The van der Waals surface area contributed by atoms with Crippen LogP contribution in [-0.2, 0) is 14.6 Å². The van der Waals surface area contributed by atoms with Crippen molar-refractivity contribution in [2.45, 2.75) is 11.3 Å². The van der Waals surface area contributed by atoms with Crippen LogP contribution < -0.4 is 19.1 Å². The van der Waals surface area contributed by atoms with Crippen LogP contribution in [0.5, 0.6) is 17.2 Å². The zero-order chi connectivity index (χ0) is 21.6. The number of hydrogen-bond acceptors (Lipinski definition) is 7. The number of fused-ring (bicyclic) bond motifs is 2. The summed E-state index contributed by atoms with van der Waals surface area (Å²) < 4.78 is 40.7. The predicted molar refractivity (Wildman–Crippen MR) is 118 cm³/mol. The number of ether oxygens (including phenoxy) is 3. The molecule has 3 heterocycles. The lowest BCUT2D eigenvalue weighted by Crippen LogP contribution is -2.37. The number of sulfone groups is 1. The average molecular weight is 481 g/mol. The molecule has 2 saturated heterocycles. The Balaban J connectivity index is 1.39. The highest BCUT2D eigenvalue weighted by atomic mass is 35.5. The zero-order valence-corrected chi connectivity index (χ0v) is 18.5. The molecule has 31 heavy (non-hydrogen) atoms. The Kier molecular flexibility index (Phi) is 5.23. The topological polar surface area (TPSA) is 94.5 Å². The number of aliphatic imine (C=N–C) groups is 1. The van der Waals surface area contributed by atoms with Crippen LogP contribution in [-0.4, -0.2) is 55.7 Å². The van der Waals surface area contributed by atoms with Crippen LogP contribution in [0.2, 0.25) is 5.02 Å². The van der Waals surface area contributed by atoms with Gasteiger partial charge < -0.3 is 19.1 Å². The van der Waals surface area contributed by atoms with E-state index in [1.54, 1.807) is 36.4 Å². The van der Waals surface area contributed by atoms with Crippen molar-refractivity contribution < 1.29 is 27.4 Å². The first-order chi connectivity index (χ1) is 14.9. The number of hydrogen-bond donors (Lipinski definition) is 0. The third-order valence-electron chi connectivity index (χ3n) is 5.10. The number of halogens is 1. The van der Waals surface area contributed by atoms with Crippen LogP contribution in [0.25, 0.3) is 0 Å². The Labute approximate surface area is 188 Å². The van der Waals surface area contributed by atoms with Crippen LogP contribution in [0.3, 0.4) is 0 Å². The minimum absolute atomic E-state index is 0.00753. The van der Waals surface area contributed by atoms with Crippen molar-refractivity contribution in [1.82, 2.24) is 0 Å². The van der Waals surface area contributed by atoms with E-state index in [1.165, 1.54) is 11.8 Å². The number of rotatable bonds is 4. The lowest BCUT2D eigenvalue weighted by Gasteiger charge is -2.24. The zero-order valence-electron chi connectivity index (χ0n) is 16.1. The summed E-state index contributed by atoms with van der Waals surface area (Å²) in [6.07, 6.45) is 0. The number of benzene rings is 2. The number of anilines is 1. The van der Waals surface area contributed by atoms with Gasteiger partial charge in [-0.15, -0.1) is 0 Å². The fourth-order valence-electron chi connectivity index (χ4n) is 3.72. The van der Waals surface area contributed by atoms with E-state index < -0.39 is 15.7 Å². The molecular weight excluding hydrogens is 464 g/mol. The van der Waals surface area contributed by atoms with Crippen molar-refractivity contribution in [2.75, 3.05) is 29.8 Å². The molecular formula is C20H17ClN2O6S2. The van der Waals surface area contributed by atoms with Crippen molar-refractivity contribution in [2.24, 2.45) is 4.99 Å². The highest BCUT2D eigenvalue weighted by Gasteiger charge is 2.49. The van der Waals surface area contributed by atoms with Gasteiger partial charge in [-0.3, -0.25) is 4.79 Å². The molecule has 3 aliphatic heterocycles. The van der Waals surface area contributed by atoms with Gasteiger partial charge in [0.05, 0.1) is 17.5 Å². The van der Waals surface area contributed by atoms with Gasteiger partial charge in [-0.1, -0.05) is 23.4 Å². The molecule has 2 aromatic rings. The van der Waals surface area contributed by atoms with Crippen molar-refractivity contribution in [3.63, 3.8) is 0 Å². The molecule has 1 amide bonds. The molecule has 0 bridgehead atoms. The summed E-state index contributed by atoms with van der Waals surface area (Å²) in [4.78, 5) is 18.6. The molecule has 3 aliphatic rings. The van der Waals surface area contributed by atoms with E-state index in [2.05, 4.69) is 4.99 Å². The second-order valence-electron chi connectivity index (χ2n) is 7.24. The van der Waals surface area contributed by atoms with Gasteiger partial charge in [-0.2, -0.15) is 4.99 Å². The molecule has 8 nitrogen and oxygen atoms in total. The SMILES string of the molecule is O=C(COc1ccc(Cl)cc1)N=C1S[C@H]2CS(=O)(=O)C[C@H]2N1c1ccc2c(c1)OCO2. The molecule has 0 aliphatic carbocycles. The maximum absolute atomic E-state index is 12.5. The van der Waals surface area contributed by atoms with E-state index in [0.29, 0.717) is 33.1 Å². The molecule has 11 heteroatoms. The maximum Gasteiger partial charge on any atom is 0.285 e. The molecule has 162 valence electrons. The summed E-state index contributed by atoms with van der Waals surface area (Å²) in [7, 11) is -3.15. The summed E-state index contributed by atoms with van der Waals surface area (Å²) in [5.41, 5.74) is 0.700. The summed E-state index contributed by atoms with van der Waals surface area (Å²) in [5, 5.41) is 0.828. The van der Waals surface area contributed by atoms with Crippen LogP contribution in [0.4, 0.5) is 5.69 Å². The smallest absolute Gasteiger partial charge is 0.285 e. The number of nitrogens with zero attached hydrogens (tertiary/aromatic N) is 2. The minimum Gasteiger partial charge on any atom is -0.484 e. The number of thioether (sulfide) groups is 1. The van der Waals surface area contributed by atoms with Crippen LogP contribution in [0, 0.1) is 0 Å². The van der Waals surface area contributed by atoms with Crippen molar-refractivity contribution in [3.8, 4) is 17.2 Å². The van der Waals surface area contributed by atoms with E-state index in [4.69, 9.17) is 25.8 Å². The predicted octanol–water partition coefficient (Wildman–Crippen LogP) is 2.75. The Hall–Kier alpha value is -2.43. The highest BCUT2D eigenvalue weighted by Crippen LogP contribution is 2.43. The van der Waals surface area contributed by atoms with Gasteiger partial charge in [0.15, 0.2) is 33.1 Å². The molecule has 2 atom stereocenters. The normalized spacial score (nSPS) is 24.4. The van der Waals surface area contributed by atoms with Crippen LogP contribution >= 0.6 is 23.4 Å². The highest BCUT2D eigenvalue weighted by molar-refractivity contribution is 8.16. The van der Waals surface area contributed by atoms with E-state index in [-0.39, 0.29) is 36.2 Å². The van der Waals surface area contributed by atoms with E-state index in [9.17, 15) is 13.2 Å². The quantitative estimate of drug-likeness (QED) is 0.659. The first kappa shape index (κ1) is 20.5. The van der Waals surface area contributed by atoms with Gasteiger partial charge >= 0.3 is 0 Å². The van der Waals surface area contributed by atoms with Gasteiger partial charge in [0.2, 0.25) is 6.79 Å². The lowest BCUT2D eigenvalue weighted by molar-refractivity contribution is -0.119. The van der Waals surface area contributed by atoms with Gasteiger partial charge in [-0.25, -0.2) is 8.42 Å². The van der Waals surface area contributed by atoms with Crippen LogP contribution in [0.1, 0.15) is 0 Å².